The van der Waals surface area contributed by atoms with Crippen molar-refractivity contribution >= 4 is 45.9 Å². The molecular weight excluding hydrogens is 657 g/mol. The highest BCUT2D eigenvalue weighted by atomic mass is 35.5. The van der Waals surface area contributed by atoms with Crippen LogP contribution in [0.3, 0.4) is 0 Å². The van der Waals surface area contributed by atoms with Crippen LogP contribution in [0.2, 0.25) is 10.0 Å². The third-order valence-corrected chi connectivity index (χ3v) is 9.08. The average molecular weight is 682 g/mol. The summed E-state index contributed by atoms with van der Waals surface area (Å²) in [6, 6.07) is 6.11. The maximum Gasteiger partial charge on any atom is 0.424 e. The van der Waals surface area contributed by atoms with Crippen molar-refractivity contribution in [1.29, 1.82) is 0 Å². The third kappa shape index (κ3) is 5.08. The number of nitrogens with zero attached hydrogens (tertiary/aromatic N) is 3. The molecule has 2 atom stereocenters. The number of halogens is 6. The maximum absolute atomic E-state index is 15.3. The van der Waals surface area contributed by atoms with Gasteiger partial charge >= 0.3 is 6.18 Å². The number of fused-ring (bicyclic) bond motifs is 2. The number of nitrogens with two attached hydrogens (primary N) is 1. The average Bonchev–Trinajstić information content (AvgIpc) is 3.68. The number of aromatic nitrogens is 3. The van der Waals surface area contributed by atoms with Gasteiger partial charge in [0, 0.05) is 28.3 Å². The van der Waals surface area contributed by atoms with Crippen LogP contribution in [0.15, 0.2) is 36.5 Å². The zero-order chi connectivity index (χ0) is 33.3. The van der Waals surface area contributed by atoms with Gasteiger partial charge in [0.05, 0.1) is 35.4 Å². The van der Waals surface area contributed by atoms with E-state index in [1.165, 1.54) is 32.2 Å². The number of primary amides is 1. The summed E-state index contributed by atoms with van der Waals surface area (Å²) in [5.41, 5.74) is -1.66. The highest BCUT2D eigenvalue weighted by Gasteiger charge is 2.58. The van der Waals surface area contributed by atoms with E-state index < -0.39 is 69.9 Å². The number of alkyl halides is 3. The second-order valence-corrected chi connectivity index (χ2v) is 12.2. The van der Waals surface area contributed by atoms with Crippen LogP contribution in [-0.2, 0) is 15.8 Å². The monoisotopic (exact) mass is 681 g/mol. The Bertz CT molecular complexity index is 1930. The summed E-state index contributed by atoms with van der Waals surface area (Å²) in [6.07, 6.45) is -1.83. The molecule has 10 nitrogen and oxygen atoms in total. The minimum absolute atomic E-state index is 0.0561. The van der Waals surface area contributed by atoms with Crippen LogP contribution in [0.5, 0.6) is 11.5 Å². The van der Waals surface area contributed by atoms with Crippen LogP contribution >= 0.6 is 23.2 Å². The Kier molecular flexibility index (Phi) is 7.60. The number of ether oxygens (including phenoxy) is 2. The van der Waals surface area contributed by atoms with Gasteiger partial charge in [0.15, 0.2) is 5.82 Å². The lowest BCUT2D eigenvalue weighted by molar-refractivity contribution is -0.265. The first-order valence-electron chi connectivity index (χ1n) is 13.9. The summed E-state index contributed by atoms with van der Waals surface area (Å²) in [5, 5.41) is 17.7. The Hall–Kier alpha value is -4.14. The van der Waals surface area contributed by atoms with Gasteiger partial charge in [0.25, 0.3) is 5.91 Å². The fourth-order valence-corrected chi connectivity index (χ4v) is 5.58. The molecule has 6 rings (SSSR count). The van der Waals surface area contributed by atoms with Gasteiger partial charge < -0.3 is 25.6 Å². The smallest absolute Gasteiger partial charge is 0.424 e. The summed E-state index contributed by atoms with van der Waals surface area (Å²) in [6.45, 7) is -0.495. The molecule has 0 saturated heterocycles. The van der Waals surface area contributed by atoms with E-state index in [0.717, 1.165) is 25.0 Å². The van der Waals surface area contributed by atoms with E-state index in [-0.39, 0.29) is 33.7 Å². The number of hydrogen-bond donors (Lipinski definition) is 3. The molecule has 4 N–H and O–H groups in total. The first kappa shape index (κ1) is 31.8. The van der Waals surface area contributed by atoms with Crippen molar-refractivity contribution in [3.05, 3.63) is 69.2 Å². The van der Waals surface area contributed by atoms with Crippen LogP contribution < -0.4 is 20.5 Å². The maximum atomic E-state index is 15.3. The van der Waals surface area contributed by atoms with Crippen molar-refractivity contribution in [3.63, 3.8) is 0 Å². The second kappa shape index (κ2) is 11.0. The molecule has 46 heavy (non-hydrogen) atoms. The molecule has 2 aliphatic rings. The van der Waals surface area contributed by atoms with Gasteiger partial charge in [-0.2, -0.15) is 18.3 Å². The molecular formula is C30H25Cl2F4N5O5. The number of hydrogen-bond acceptors (Lipinski definition) is 7. The lowest BCUT2D eigenvalue weighted by atomic mass is 9.81. The summed E-state index contributed by atoms with van der Waals surface area (Å²) >= 11 is 11.9. The second-order valence-electron chi connectivity index (χ2n) is 11.4. The lowest BCUT2D eigenvalue weighted by Gasteiger charge is -2.31. The molecule has 1 fully saturated rings. The molecule has 16 heteroatoms. The molecule has 0 spiro atoms. The van der Waals surface area contributed by atoms with Crippen molar-refractivity contribution in [2.45, 2.75) is 43.0 Å². The summed E-state index contributed by atoms with van der Waals surface area (Å²) in [5.74, 6) is -3.06. The first-order valence-corrected chi connectivity index (χ1v) is 14.6. The van der Waals surface area contributed by atoms with Gasteiger partial charge in [0.1, 0.15) is 34.7 Å². The highest BCUT2D eigenvalue weighted by Crippen LogP contribution is 2.49. The summed E-state index contributed by atoms with van der Waals surface area (Å²) in [4.78, 5) is 29.7. The van der Waals surface area contributed by atoms with Gasteiger partial charge in [-0.05, 0) is 50.1 Å². The molecule has 2 aromatic heterocycles. The van der Waals surface area contributed by atoms with Crippen molar-refractivity contribution in [3.8, 4) is 22.8 Å². The molecule has 0 unspecified atom stereocenters. The topological polar surface area (TPSA) is 142 Å². The Labute approximate surface area is 268 Å². The number of methoxy groups -OCH3 is 1. The molecule has 0 bridgehead atoms. The van der Waals surface area contributed by atoms with Crippen LogP contribution in [-0.4, -0.2) is 58.1 Å². The van der Waals surface area contributed by atoms with E-state index in [2.05, 4.69) is 15.4 Å². The van der Waals surface area contributed by atoms with Crippen LogP contribution in [0, 0.1) is 5.82 Å². The molecule has 2 amide bonds. The van der Waals surface area contributed by atoms with E-state index in [0.29, 0.717) is 10.9 Å². The fraction of sp³-hybridized carbons (Fsp3) is 0.333. The SMILES string of the molecule is COc1cc(C(=O)NC[C@](O)(c2cc3c(c(-c4ccc(Cl)c(Cl)c4F)n2)OC[C@]3(C)C(N)=O)C(F)(F)F)cc2cn(C3CC3)nc12. The number of pyridine rings is 1. The first-order chi connectivity index (χ1) is 21.6. The Morgan fingerprint density at radius 2 is 1.96 bits per heavy atom. The van der Waals surface area contributed by atoms with Crippen molar-refractivity contribution in [2.75, 3.05) is 20.3 Å². The molecule has 0 radical (unpaired) electrons. The van der Waals surface area contributed by atoms with E-state index in [1.54, 1.807) is 10.9 Å². The normalized spacial score (nSPS) is 19.0. The minimum atomic E-state index is -5.44. The van der Waals surface area contributed by atoms with Gasteiger partial charge in [-0.1, -0.05) is 23.2 Å². The summed E-state index contributed by atoms with van der Waals surface area (Å²) in [7, 11) is 1.37. The van der Waals surface area contributed by atoms with Crippen molar-refractivity contribution in [2.24, 2.45) is 5.73 Å². The van der Waals surface area contributed by atoms with E-state index >= 15 is 4.39 Å². The number of nitrogens with one attached hydrogen (secondary N) is 1. The quantitative estimate of drug-likeness (QED) is 0.171. The molecule has 1 saturated carbocycles. The van der Waals surface area contributed by atoms with E-state index in [1.807, 2.05) is 0 Å². The molecule has 4 aromatic rings. The molecule has 1 aliphatic heterocycles. The van der Waals surface area contributed by atoms with Gasteiger partial charge in [-0.3, -0.25) is 14.3 Å². The number of benzene rings is 2. The standard InChI is InChI=1S/C30H25Cl2F4N5O5/c1-28(27(37)43)12-46-25-17(28)9-20(39-24(25)16-5-6-18(31)21(32)22(16)33)29(44,30(34,35)36)11-38-26(42)13-7-14-10-41(15-3-4-15)40-23(14)19(8-13)45-2/h5-10,15,44H,3-4,11-12H2,1-2H3,(H2,37,43)(H,38,42)/t28-,29-/m0/s1. The van der Waals surface area contributed by atoms with Crippen molar-refractivity contribution in [1.82, 2.24) is 20.1 Å². The summed E-state index contributed by atoms with van der Waals surface area (Å²) < 4.78 is 72.4. The van der Waals surface area contributed by atoms with Crippen LogP contribution in [0.4, 0.5) is 17.6 Å². The van der Waals surface area contributed by atoms with E-state index in [4.69, 9.17) is 38.4 Å². The number of amides is 2. The van der Waals surface area contributed by atoms with Gasteiger partial charge in [-0.15, -0.1) is 0 Å². The zero-order valence-electron chi connectivity index (χ0n) is 24.1. The third-order valence-electron chi connectivity index (χ3n) is 8.30. The van der Waals surface area contributed by atoms with Crippen LogP contribution in [0.1, 0.15) is 47.4 Å². The molecule has 3 heterocycles. The van der Waals surface area contributed by atoms with Gasteiger partial charge in [0.2, 0.25) is 11.5 Å². The lowest BCUT2D eigenvalue weighted by Crippen LogP contribution is -2.51. The van der Waals surface area contributed by atoms with E-state index in [9.17, 15) is 27.9 Å². The largest absolute Gasteiger partial charge is 0.494 e. The number of aliphatic hydroxyl groups is 1. The van der Waals surface area contributed by atoms with Gasteiger partial charge in [-0.25, -0.2) is 9.37 Å². The predicted molar refractivity (Wildman–Crippen MR) is 159 cm³/mol. The Balaban J connectivity index is 1.43. The number of carbonyl (C=O) groups is 2. The molecule has 1 aliphatic carbocycles. The highest BCUT2D eigenvalue weighted by molar-refractivity contribution is 6.42. The predicted octanol–water partition coefficient (Wildman–Crippen LogP) is 5.20. The number of carbonyl (C=O) groups excluding carboxylic acids is 2. The Morgan fingerprint density at radius 3 is 2.59 bits per heavy atom. The fourth-order valence-electron chi connectivity index (χ4n) is 5.27. The zero-order valence-corrected chi connectivity index (χ0v) is 25.6. The minimum Gasteiger partial charge on any atom is -0.494 e. The van der Waals surface area contributed by atoms with Crippen molar-refractivity contribution < 1.29 is 41.7 Å². The van der Waals surface area contributed by atoms with Crippen LogP contribution in [0.25, 0.3) is 22.2 Å². The number of rotatable bonds is 8. The molecule has 2 aromatic carbocycles. The Morgan fingerprint density at radius 1 is 1.24 bits per heavy atom. The molecule has 242 valence electrons.